The first-order valence-corrected chi connectivity index (χ1v) is 6.06. The van der Waals surface area contributed by atoms with Gasteiger partial charge in [0, 0.05) is 12.6 Å². The number of methoxy groups -OCH3 is 2. The highest BCUT2D eigenvalue weighted by atomic mass is 16.5. The molecule has 2 rings (SSSR count). The van der Waals surface area contributed by atoms with Gasteiger partial charge in [-0.1, -0.05) is 11.2 Å². The van der Waals surface area contributed by atoms with E-state index >= 15 is 0 Å². The Kier molecular flexibility index (Phi) is 4.41. The number of nitrogens with zero attached hydrogens (tertiary/aromatic N) is 1. The summed E-state index contributed by atoms with van der Waals surface area (Å²) in [5, 5.41) is 7.13. The summed E-state index contributed by atoms with van der Waals surface area (Å²) >= 11 is 0. The highest BCUT2D eigenvalue weighted by molar-refractivity contribution is 5.42. The fourth-order valence-corrected chi connectivity index (χ4v) is 1.82. The van der Waals surface area contributed by atoms with Crippen molar-refractivity contribution in [1.82, 2.24) is 10.5 Å². The molecule has 5 heteroatoms. The molecule has 0 aliphatic rings. The quantitative estimate of drug-likeness (QED) is 0.865. The molecule has 0 saturated heterocycles. The first-order chi connectivity index (χ1) is 9.22. The second-order valence-corrected chi connectivity index (χ2v) is 4.23. The molecular formula is C14H18N2O3. The number of hydrogen-bond donors (Lipinski definition) is 1. The minimum Gasteiger partial charge on any atom is -0.493 e. The summed E-state index contributed by atoms with van der Waals surface area (Å²) in [7, 11) is 3.26. The zero-order valence-electron chi connectivity index (χ0n) is 11.4. The minimum atomic E-state index is 0.648. The average Bonchev–Trinajstić information content (AvgIpc) is 2.84. The molecule has 0 amide bonds. The van der Waals surface area contributed by atoms with Crippen molar-refractivity contribution < 1.29 is 14.0 Å². The topological polar surface area (TPSA) is 56.5 Å². The smallest absolute Gasteiger partial charge is 0.161 e. The van der Waals surface area contributed by atoms with Gasteiger partial charge in [-0.3, -0.25) is 0 Å². The van der Waals surface area contributed by atoms with E-state index in [4.69, 9.17) is 14.0 Å². The van der Waals surface area contributed by atoms with Crippen molar-refractivity contribution in [2.24, 2.45) is 0 Å². The average molecular weight is 262 g/mol. The van der Waals surface area contributed by atoms with Crippen molar-refractivity contribution >= 4 is 0 Å². The van der Waals surface area contributed by atoms with Crippen molar-refractivity contribution in [2.45, 2.75) is 20.0 Å². The Labute approximate surface area is 112 Å². The van der Waals surface area contributed by atoms with E-state index in [1.165, 1.54) is 0 Å². The van der Waals surface area contributed by atoms with Crippen LogP contribution < -0.4 is 14.8 Å². The Morgan fingerprint density at radius 1 is 1.11 bits per heavy atom. The Balaban J connectivity index is 1.92. The molecular weight excluding hydrogens is 244 g/mol. The second-order valence-electron chi connectivity index (χ2n) is 4.23. The summed E-state index contributed by atoms with van der Waals surface area (Å²) in [6, 6.07) is 7.77. The SMILES string of the molecule is COc1ccc(CNCc2cc(C)no2)cc1OC. The highest BCUT2D eigenvalue weighted by Gasteiger charge is 2.05. The van der Waals surface area contributed by atoms with Gasteiger partial charge in [0.15, 0.2) is 17.3 Å². The summed E-state index contributed by atoms with van der Waals surface area (Å²) in [5.41, 5.74) is 2.01. The molecule has 0 spiro atoms. The summed E-state index contributed by atoms with van der Waals surface area (Å²) in [6.07, 6.45) is 0. The molecule has 0 unspecified atom stereocenters. The summed E-state index contributed by atoms with van der Waals surface area (Å²) < 4.78 is 15.6. The maximum atomic E-state index is 5.26. The van der Waals surface area contributed by atoms with Gasteiger partial charge in [-0.25, -0.2) is 0 Å². The lowest BCUT2D eigenvalue weighted by Gasteiger charge is -2.09. The van der Waals surface area contributed by atoms with E-state index < -0.39 is 0 Å². The fourth-order valence-electron chi connectivity index (χ4n) is 1.82. The lowest BCUT2D eigenvalue weighted by atomic mass is 10.2. The lowest BCUT2D eigenvalue weighted by molar-refractivity contribution is 0.354. The zero-order valence-corrected chi connectivity index (χ0v) is 11.4. The Morgan fingerprint density at radius 3 is 2.53 bits per heavy atom. The zero-order chi connectivity index (χ0) is 13.7. The highest BCUT2D eigenvalue weighted by Crippen LogP contribution is 2.27. The monoisotopic (exact) mass is 262 g/mol. The van der Waals surface area contributed by atoms with Crippen molar-refractivity contribution in [1.29, 1.82) is 0 Å². The molecule has 1 N–H and O–H groups in total. The molecule has 2 aromatic rings. The van der Waals surface area contributed by atoms with Gasteiger partial charge in [0.1, 0.15) is 0 Å². The molecule has 1 aromatic heterocycles. The normalized spacial score (nSPS) is 10.5. The molecule has 0 radical (unpaired) electrons. The van der Waals surface area contributed by atoms with Crippen molar-refractivity contribution in [3.05, 3.63) is 41.3 Å². The van der Waals surface area contributed by atoms with Gasteiger partial charge < -0.3 is 19.3 Å². The Hall–Kier alpha value is -2.01. The first kappa shape index (κ1) is 13.4. The molecule has 0 aliphatic heterocycles. The summed E-state index contributed by atoms with van der Waals surface area (Å²) in [6.45, 7) is 3.27. The van der Waals surface area contributed by atoms with Crippen molar-refractivity contribution in [2.75, 3.05) is 14.2 Å². The Bertz CT molecular complexity index is 537. The maximum absolute atomic E-state index is 5.26. The number of benzene rings is 1. The molecule has 19 heavy (non-hydrogen) atoms. The van der Waals surface area contributed by atoms with Crippen LogP contribution in [0.25, 0.3) is 0 Å². The molecule has 0 saturated carbocycles. The number of aryl methyl sites for hydroxylation is 1. The van der Waals surface area contributed by atoms with E-state index in [0.717, 1.165) is 35.1 Å². The van der Waals surface area contributed by atoms with Gasteiger partial charge in [-0.05, 0) is 24.6 Å². The third-order valence-corrected chi connectivity index (χ3v) is 2.75. The molecule has 0 bridgehead atoms. The maximum Gasteiger partial charge on any atom is 0.161 e. The number of hydrogen-bond acceptors (Lipinski definition) is 5. The number of aromatic nitrogens is 1. The van der Waals surface area contributed by atoms with Crippen LogP contribution in [-0.4, -0.2) is 19.4 Å². The molecule has 0 atom stereocenters. The largest absolute Gasteiger partial charge is 0.493 e. The standard InChI is InChI=1S/C14H18N2O3/c1-10-6-12(19-16-10)9-15-8-11-4-5-13(17-2)14(7-11)18-3/h4-7,15H,8-9H2,1-3H3. The van der Waals surface area contributed by atoms with E-state index in [1.54, 1.807) is 14.2 Å². The van der Waals surface area contributed by atoms with Crippen molar-refractivity contribution in [3.63, 3.8) is 0 Å². The van der Waals surface area contributed by atoms with E-state index in [9.17, 15) is 0 Å². The molecule has 5 nitrogen and oxygen atoms in total. The minimum absolute atomic E-state index is 0.648. The van der Waals surface area contributed by atoms with Crippen LogP contribution in [0.1, 0.15) is 17.0 Å². The second kappa shape index (κ2) is 6.24. The molecule has 1 heterocycles. The van der Waals surface area contributed by atoms with E-state index in [2.05, 4.69) is 10.5 Å². The van der Waals surface area contributed by atoms with Gasteiger partial charge in [0.25, 0.3) is 0 Å². The van der Waals surface area contributed by atoms with Gasteiger partial charge in [0.2, 0.25) is 0 Å². The van der Waals surface area contributed by atoms with Crippen LogP contribution in [0.4, 0.5) is 0 Å². The number of rotatable bonds is 6. The van der Waals surface area contributed by atoms with Gasteiger partial charge >= 0.3 is 0 Å². The van der Waals surface area contributed by atoms with E-state index in [-0.39, 0.29) is 0 Å². The first-order valence-electron chi connectivity index (χ1n) is 6.06. The predicted octanol–water partition coefficient (Wildman–Crippen LogP) is 2.29. The van der Waals surface area contributed by atoms with Gasteiger partial charge in [0.05, 0.1) is 26.5 Å². The fraction of sp³-hybridized carbons (Fsp3) is 0.357. The van der Waals surface area contributed by atoms with Crippen LogP contribution in [0.2, 0.25) is 0 Å². The molecule has 0 fully saturated rings. The summed E-state index contributed by atoms with van der Waals surface area (Å²) in [5.74, 6) is 2.30. The van der Waals surface area contributed by atoms with Crippen LogP contribution >= 0.6 is 0 Å². The molecule has 1 aromatic carbocycles. The Morgan fingerprint density at radius 2 is 1.89 bits per heavy atom. The van der Waals surface area contributed by atoms with Crippen LogP contribution in [0, 0.1) is 6.92 Å². The van der Waals surface area contributed by atoms with Crippen molar-refractivity contribution in [3.8, 4) is 11.5 Å². The number of nitrogens with one attached hydrogen (secondary N) is 1. The van der Waals surface area contributed by atoms with E-state index in [1.807, 2.05) is 31.2 Å². The predicted molar refractivity (Wildman–Crippen MR) is 71.3 cm³/mol. The van der Waals surface area contributed by atoms with Gasteiger partial charge in [-0.2, -0.15) is 0 Å². The van der Waals surface area contributed by atoms with Crippen LogP contribution in [0.5, 0.6) is 11.5 Å². The third-order valence-electron chi connectivity index (χ3n) is 2.75. The van der Waals surface area contributed by atoms with Crippen LogP contribution in [0.15, 0.2) is 28.8 Å². The van der Waals surface area contributed by atoms with Crippen LogP contribution in [0.3, 0.4) is 0 Å². The lowest BCUT2D eigenvalue weighted by Crippen LogP contribution is -2.12. The molecule has 102 valence electrons. The van der Waals surface area contributed by atoms with Gasteiger partial charge in [-0.15, -0.1) is 0 Å². The van der Waals surface area contributed by atoms with E-state index in [0.29, 0.717) is 6.54 Å². The summed E-state index contributed by atoms with van der Waals surface area (Å²) in [4.78, 5) is 0. The molecule has 0 aliphatic carbocycles. The third kappa shape index (κ3) is 3.48. The number of ether oxygens (including phenoxy) is 2. The van der Waals surface area contributed by atoms with Crippen LogP contribution in [-0.2, 0) is 13.1 Å².